The molecular formula is C15H14ClNO2. The molecule has 2 aromatic carbocycles. The second-order valence-electron chi connectivity index (χ2n) is 4.52. The van der Waals surface area contributed by atoms with Crippen LogP contribution in [0.4, 0.5) is 0 Å². The molecular weight excluding hydrogens is 262 g/mol. The Hall–Kier alpha value is -1.71. The summed E-state index contributed by atoms with van der Waals surface area (Å²) in [7, 11) is 0. The van der Waals surface area contributed by atoms with E-state index in [9.17, 15) is 5.11 Å². The summed E-state index contributed by atoms with van der Waals surface area (Å²) in [6.45, 7) is 1.11. The third-order valence-electron chi connectivity index (χ3n) is 3.32. The Labute approximate surface area is 116 Å². The minimum absolute atomic E-state index is 0.131. The fraction of sp³-hybridized carbons (Fsp3) is 0.200. The Morgan fingerprint density at radius 1 is 1.21 bits per heavy atom. The predicted molar refractivity (Wildman–Crippen MR) is 74.6 cm³/mol. The summed E-state index contributed by atoms with van der Waals surface area (Å²) in [6, 6.07) is 13.2. The van der Waals surface area contributed by atoms with Crippen LogP contribution in [-0.4, -0.2) is 11.7 Å². The Kier molecular flexibility index (Phi) is 3.32. The van der Waals surface area contributed by atoms with E-state index < -0.39 is 0 Å². The molecule has 19 heavy (non-hydrogen) atoms. The van der Waals surface area contributed by atoms with Gasteiger partial charge in [0.2, 0.25) is 0 Å². The fourth-order valence-corrected chi connectivity index (χ4v) is 2.52. The molecule has 2 aromatic rings. The number of hydrogen-bond donors (Lipinski definition) is 2. The molecule has 3 nitrogen and oxygen atoms in total. The Balaban J connectivity index is 1.75. The third-order valence-corrected chi connectivity index (χ3v) is 3.67. The topological polar surface area (TPSA) is 41.5 Å². The van der Waals surface area contributed by atoms with Gasteiger partial charge in [-0.3, -0.25) is 0 Å². The van der Waals surface area contributed by atoms with Crippen LogP contribution in [0, 0.1) is 0 Å². The molecule has 3 rings (SSSR count). The molecule has 0 spiro atoms. The van der Waals surface area contributed by atoms with Gasteiger partial charge in [-0.25, -0.2) is 0 Å². The van der Waals surface area contributed by atoms with Crippen LogP contribution in [0.15, 0.2) is 42.5 Å². The number of fused-ring (bicyclic) bond motifs is 1. The number of hydrogen-bond acceptors (Lipinski definition) is 3. The average molecular weight is 276 g/mol. The number of para-hydroxylation sites is 1. The first-order chi connectivity index (χ1) is 9.25. The van der Waals surface area contributed by atoms with Crippen molar-refractivity contribution in [2.45, 2.75) is 12.6 Å². The number of phenols is 1. The number of phenolic OH excluding ortho intramolecular Hbond substituents is 1. The van der Waals surface area contributed by atoms with Crippen molar-refractivity contribution in [2.24, 2.45) is 0 Å². The third kappa shape index (κ3) is 2.39. The van der Waals surface area contributed by atoms with Gasteiger partial charge in [-0.1, -0.05) is 35.9 Å². The number of nitrogens with one attached hydrogen (secondary N) is 1. The first-order valence-electron chi connectivity index (χ1n) is 6.17. The highest BCUT2D eigenvalue weighted by molar-refractivity contribution is 6.31. The molecule has 0 radical (unpaired) electrons. The number of halogens is 1. The van der Waals surface area contributed by atoms with E-state index in [2.05, 4.69) is 5.32 Å². The molecule has 0 bridgehead atoms. The Morgan fingerprint density at radius 2 is 2.05 bits per heavy atom. The lowest BCUT2D eigenvalue weighted by Crippen LogP contribution is -2.22. The van der Waals surface area contributed by atoms with Crippen molar-refractivity contribution in [1.29, 1.82) is 0 Å². The zero-order chi connectivity index (χ0) is 13.2. The van der Waals surface area contributed by atoms with Gasteiger partial charge in [0, 0.05) is 22.7 Å². The molecule has 0 aromatic heterocycles. The smallest absolute Gasteiger partial charge is 0.124 e. The average Bonchev–Trinajstić information content (AvgIpc) is 2.82. The summed E-state index contributed by atoms with van der Waals surface area (Å²) >= 11 is 6.08. The van der Waals surface area contributed by atoms with Crippen molar-refractivity contribution in [2.75, 3.05) is 6.61 Å². The van der Waals surface area contributed by atoms with Gasteiger partial charge in [0.25, 0.3) is 0 Å². The van der Waals surface area contributed by atoms with Crippen molar-refractivity contribution >= 4 is 11.6 Å². The second-order valence-corrected chi connectivity index (χ2v) is 4.93. The standard InChI is InChI=1S/C15H14ClNO2/c16-12-5-3-6-14(18)11(12)8-17-13-9-19-15-7-2-1-4-10(13)15/h1-7,13,17-18H,8-9H2. The lowest BCUT2D eigenvalue weighted by molar-refractivity contribution is 0.310. The molecule has 0 saturated carbocycles. The fourth-order valence-electron chi connectivity index (χ4n) is 2.28. The summed E-state index contributed by atoms with van der Waals surface area (Å²) in [4.78, 5) is 0. The maximum absolute atomic E-state index is 9.80. The largest absolute Gasteiger partial charge is 0.508 e. The van der Waals surface area contributed by atoms with Crippen molar-refractivity contribution in [3.05, 3.63) is 58.6 Å². The molecule has 2 N–H and O–H groups in total. The van der Waals surface area contributed by atoms with Gasteiger partial charge in [-0.05, 0) is 18.2 Å². The van der Waals surface area contributed by atoms with Crippen LogP contribution in [0.5, 0.6) is 11.5 Å². The number of ether oxygens (including phenoxy) is 1. The minimum atomic E-state index is 0.131. The molecule has 4 heteroatoms. The molecule has 1 aliphatic heterocycles. The van der Waals surface area contributed by atoms with Gasteiger partial charge >= 0.3 is 0 Å². The van der Waals surface area contributed by atoms with Gasteiger partial charge in [0.1, 0.15) is 18.1 Å². The first kappa shape index (κ1) is 12.3. The molecule has 1 heterocycles. The van der Waals surface area contributed by atoms with Crippen molar-refractivity contribution in [3.63, 3.8) is 0 Å². The predicted octanol–water partition coefficient (Wildman–Crippen LogP) is 3.27. The van der Waals surface area contributed by atoms with E-state index in [0.29, 0.717) is 23.7 Å². The van der Waals surface area contributed by atoms with E-state index in [0.717, 1.165) is 11.3 Å². The van der Waals surface area contributed by atoms with E-state index >= 15 is 0 Å². The van der Waals surface area contributed by atoms with E-state index in [1.165, 1.54) is 0 Å². The molecule has 0 aliphatic carbocycles. The van der Waals surface area contributed by atoms with E-state index in [4.69, 9.17) is 16.3 Å². The summed E-state index contributed by atoms with van der Waals surface area (Å²) in [5, 5.41) is 13.7. The van der Waals surface area contributed by atoms with Crippen LogP contribution in [-0.2, 0) is 6.54 Å². The van der Waals surface area contributed by atoms with Crippen LogP contribution in [0.1, 0.15) is 17.2 Å². The highest BCUT2D eigenvalue weighted by atomic mass is 35.5. The van der Waals surface area contributed by atoms with Crippen LogP contribution >= 0.6 is 11.6 Å². The lowest BCUT2D eigenvalue weighted by Gasteiger charge is -2.13. The van der Waals surface area contributed by atoms with Gasteiger partial charge in [0.15, 0.2) is 0 Å². The summed E-state index contributed by atoms with van der Waals surface area (Å²) in [6.07, 6.45) is 0. The number of benzene rings is 2. The van der Waals surface area contributed by atoms with Gasteiger partial charge in [-0.2, -0.15) is 0 Å². The van der Waals surface area contributed by atoms with Crippen LogP contribution in [0.2, 0.25) is 5.02 Å². The monoisotopic (exact) mass is 275 g/mol. The lowest BCUT2D eigenvalue weighted by atomic mass is 10.1. The SMILES string of the molecule is Oc1cccc(Cl)c1CNC1COc2ccccc21. The maximum Gasteiger partial charge on any atom is 0.124 e. The molecule has 1 unspecified atom stereocenters. The van der Waals surface area contributed by atoms with Crippen LogP contribution in [0.25, 0.3) is 0 Å². The van der Waals surface area contributed by atoms with Gasteiger partial charge in [-0.15, -0.1) is 0 Å². The van der Waals surface area contributed by atoms with Crippen molar-refractivity contribution in [1.82, 2.24) is 5.32 Å². The Bertz CT molecular complexity index is 580. The summed E-state index contributed by atoms with van der Waals surface area (Å²) in [5.74, 6) is 1.13. The number of aromatic hydroxyl groups is 1. The molecule has 0 fully saturated rings. The summed E-state index contributed by atoms with van der Waals surface area (Å²) in [5.41, 5.74) is 1.86. The maximum atomic E-state index is 9.80. The zero-order valence-electron chi connectivity index (χ0n) is 10.3. The molecule has 0 amide bonds. The molecule has 0 saturated heterocycles. The van der Waals surface area contributed by atoms with Crippen LogP contribution in [0.3, 0.4) is 0 Å². The van der Waals surface area contributed by atoms with E-state index in [1.807, 2.05) is 24.3 Å². The molecule has 98 valence electrons. The van der Waals surface area contributed by atoms with Crippen molar-refractivity contribution in [3.8, 4) is 11.5 Å². The summed E-state index contributed by atoms with van der Waals surface area (Å²) < 4.78 is 5.60. The van der Waals surface area contributed by atoms with Crippen molar-refractivity contribution < 1.29 is 9.84 Å². The number of rotatable bonds is 3. The first-order valence-corrected chi connectivity index (χ1v) is 6.55. The quantitative estimate of drug-likeness (QED) is 0.903. The Morgan fingerprint density at radius 3 is 2.89 bits per heavy atom. The molecule has 1 atom stereocenters. The zero-order valence-corrected chi connectivity index (χ0v) is 11.0. The molecule has 1 aliphatic rings. The minimum Gasteiger partial charge on any atom is -0.508 e. The highest BCUT2D eigenvalue weighted by Gasteiger charge is 2.23. The highest BCUT2D eigenvalue weighted by Crippen LogP contribution is 2.33. The van der Waals surface area contributed by atoms with E-state index in [1.54, 1.807) is 18.2 Å². The van der Waals surface area contributed by atoms with Gasteiger partial charge in [0.05, 0.1) is 6.04 Å². The second kappa shape index (κ2) is 5.11. The van der Waals surface area contributed by atoms with Crippen LogP contribution < -0.4 is 10.1 Å². The van der Waals surface area contributed by atoms with Gasteiger partial charge < -0.3 is 15.2 Å². The normalized spacial score (nSPS) is 17.0. The van der Waals surface area contributed by atoms with E-state index in [-0.39, 0.29) is 11.8 Å².